The lowest BCUT2D eigenvalue weighted by Gasteiger charge is -2.42. The largest absolute Gasteiger partial charge is 0.495 e. The third-order valence-electron chi connectivity index (χ3n) is 5.92. The Morgan fingerprint density at radius 2 is 1.81 bits per heavy atom. The molecule has 1 aromatic heterocycles. The van der Waals surface area contributed by atoms with Crippen LogP contribution in [0.15, 0.2) is 48.7 Å². The number of carbonyl (C=O) groups excluding carboxylic acids is 1. The standard InChI is InChI=1S/C22H27N3O2/c1-27-22-8-3-2-7-20(22)25-14-12-24(13-15-25)17-9-10-21(26)18(16-17)19-6-4-5-11-23-19/h2-8,11,17-18H,9-10,12-16H2,1H3. The normalized spacial score (nSPS) is 24.0. The molecule has 2 unspecified atom stereocenters. The predicted molar refractivity (Wildman–Crippen MR) is 106 cm³/mol. The zero-order valence-corrected chi connectivity index (χ0v) is 15.9. The molecule has 5 heteroatoms. The van der Waals surface area contributed by atoms with Crippen molar-refractivity contribution in [2.24, 2.45) is 0 Å². The second-order valence-electron chi connectivity index (χ2n) is 7.40. The molecular weight excluding hydrogens is 338 g/mol. The van der Waals surface area contributed by atoms with E-state index in [1.54, 1.807) is 13.3 Å². The summed E-state index contributed by atoms with van der Waals surface area (Å²) in [4.78, 5) is 21.9. The second-order valence-corrected chi connectivity index (χ2v) is 7.40. The maximum Gasteiger partial charge on any atom is 0.142 e. The summed E-state index contributed by atoms with van der Waals surface area (Å²) < 4.78 is 5.52. The molecule has 1 aliphatic carbocycles. The molecule has 142 valence electrons. The van der Waals surface area contributed by atoms with Gasteiger partial charge in [0.1, 0.15) is 11.5 Å². The van der Waals surface area contributed by atoms with Gasteiger partial charge in [0.15, 0.2) is 0 Å². The quantitative estimate of drug-likeness (QED) is 0.833. The molecule has 1 aliphatic heterocycles. The van der Waals surface area contributed by atoms with Crippen LogP contribution in [0.2, 0.25) is 0 Å². The van der Waals surface area contributed by atoms with E-state index in [1.807, 2.05) is 30.3 Å². The van der Waals surface area contributed by atoms with Crippen molar-refractivity contribution >= 4 is 11.5 Å². The monoisotopic (exact) mass is 365 g/mol. The number of hydrogen-bond acceptors (Lipinski definition) is 5. The number of pyridine rings is 1. The Kier molecular flexibility index (Phi) is 5.39. The second kappa shape index (κ2) is 8.09. The van der Waals surface area contributed by atoms with Crippen LogP contribution in [0.3, 0.4) is 0 Å². The molecule has 0 bridgehead atoms. The summed E-state index contributed by atoms with van der Waals surface area (Å²) in [5, 5.41) is 0. The topological polar surface area (TPSA) is 45.7 Å². The first kappa shape index (κ1) is 18.0. The fraction of sp³-hybridized carbons (Fsp3) is 0.455. The van der Waals surface area contributed by atoms with Crippen LogP contribution in [-0.2, 0) is 4.79 Å². The van der Waals surface area contributed by atoms with Gasteiger partial charge >= 0.3 is 0 Å². The molecule has 0 spiro atoms. The van der Waals surface area contributed by atoms with Gasteiger partial charge in [0, 0.05) is 44.8 Å². The first-order valence-corrected chi connectivity index (χ1v) is 9.82. The molecule has 2 fully saturated rings. The van der Waals surface area contributed by atoms with E-state index in [4.69, 9.17) is 4.74 Å². The number of Topliss-reactive ketones (excluding diaryl/α,β-unsaturated/α-hetero) is 1. The van der Waals surface area contributed by atoms with E-state index in [-0.39, 0.29) is 5.92 Å². The molecule has 2 atom stereocenters. The lowest BCUT2D eigenvalue weighted by atomic mass is 9.81. The minimum Gasteiger partial charge on any atom is -0.495 e. The van der Waals surface area contributed by atoms with Gasteiger partial charge in [0.2, 0.25) is 0 Å². The Morgan fingerprint density at radius 3 is 2.56 bits per heavy atom. The maximum absolute atomic E-state index is 12.5. The summed E-state index contributed by atoms with van der Waals surface area (Å²) in [5.41, 5.74) is 2.10. The van der Waals surface area contributed by atoms with Crippen LogP contribution in [0.1, 0.15) is 30.9 Å². The number of nitrogens with zero attached hydrogens (tertiary/aromatic N) is 3. The number of piperazine rings is 1. The third-order valence-corrected chi connectivity index (χ3v) is 5.92. The number of anilines is 1. The van der Waals surface area contributed by atoms with Crippen molar-refractivity contribution in [2.75, 3.05) is 38.2 Å². The van der Waals surface area contributed by atoms with Crippen LogP contribution in [-0.4, -0.2) is 55.0 Å². The van der Waals surface area contributed by atoms with E-state index in [0.717, 1.165) is 50.5 Å². The third kappa shape index (κ3) is 3.83. The average Bonchev–Trinajstić information content (AvgIpc) is 2.75. The summed E-state index contributed by atoms with van der Waals surface area (Å²) in [5.74, 6) is 1.24. The number of carbonyl (C=O) groups is 1. The molecule has 2 aromatic rings. The molecule has 27 heavy (non-hydrogen) atoms. The first-order valence-electron chi connectivity index (χ1n) is 9.82. The molecule has 4 rings (SSSR count). The van der Waals surface area contributed by atoms with Gasteiger partial charge in [0.05, 0.1) is 24.4 Å². The highest BCUT2D eigenvalue weighted by atomic mass is 16.5. The van der Waals surface area contributed by atoms with E-state index in [9.17, 15) is 4.79 Å². The SMILES string of the molecule is COc1ccccc1N1CCN(C2CCC(=O)C(c3ccccn3)C2)CC1. The molecule has 1 aromatic carbocycles. The highest BCUT2D eigenvalue weighted by molar-refractivity contribution is 5.86. The molecular formula is C22H27N3O2. The maximum atomic E-state index is 12.5. The Balaban J connectivity index is 1.40. The van der Waals surface area contributed by atoms with Crippen LogP contribution in [0, 0.1) is 0 Å². The lowest BCUT2D eigenvalue weighted by molar-refractivity contribution is -0.123. The van der Waals surface area contributed by atoms with E-state index in [1.165, 1.54) is 5.69 Å². The number of methoxy groups -OCH3 is 1. The number of hydrogen-bond donors (Lipinski definition) is 0. The van der Waals surface area contributed by atoms with Crippen LogP contribution in [0.5, 0.6) is 5.75 Å². The number of aromatic nitrogens is 1. The summed E-state index contributed by atoms with van der Waals surface area (Å²) in [6, 6.07) is 14.6. The van der Waals surface area contributed by atoms with Crippen LogP contribution < -0.4 is 9.64 Å². The van der Waals surface area contributed by atoms with E-state index < -0.39 is 0 Å². The van der Waals surface area contributed by atoms with Gasteiger partial charge in [-0.1, -0.05) is 18.2 Å². The highest BCUT2D eigenvalue weighted by Gasteiger charge is 2.34. The van der Waals surface area contributed by atoms with Gasteiger partial charge in [-0.2, -0.15) is 0 Å². The van der Waals surface area contributed by atoms with Crippen molar-refractivity contribution in [3.05, 3.63) is 54.4 Å². The van der Waals surface area contributed by atoms with Crippen molar-refractivity contribution in [1.29, 1.82) is 0 Å². The van der Waals surface area contributed by atoms with Gasteiger partial charge in [-0.25, -0.2) is 0 Å². The Morgan fingerprint density at radius 1 is 1.04 bits per heavy atom. The Hall–Kier alpha value is -2.40. The van der Waals surface area contributed by atoms with Crippen LogP contribution in [0.4, 0.5) is 5.69 Å². The van der Waals surface area contributed by atoms with Gasteiger partial charge < -0.3 is 9.64 Å². The molecule has 1 saturated carbocycles. The van der Waals surface area contributed by atoms with Crippen LogP contribution >= 0.6 is 0 Å². The van der Waals surface area contributed by atoms with Gasteiger partial charge in [0.25, 0.3) is 0 Å². The first-order chi connectivity index (χ1) is 13.3. The fourth-order valence-electron chi connectivity index (χ4n) is 4.42. The molecule has 0 amide bonds. The molecule has 0 radical (unpaired) electrons. The van der Waals surface area contributed by atoms with E-state index in [0.29, 0.717) is 18.2 Å². The van der Waals surface area contributed by atoms with Gasteiger partial charge in [-0.15, -0.1) is 0 Å². The molecule has 1 saturated heterocycles. The van der Waals surface area contributed by atoms with Crippen molar-refractivity contribution in [3.63, 3.8) is 0 Å². The summed E-state index contributed by atoms with van der Waals surface area (Å²) >= 11 is 0. The fourth-order valence-corrected chi connectivity index (χ4v) is 4.42. The molecule has 2 heterocycles. The summed E-state index contributed by atoms with van der Waals surface area (Å²) in [7, 11) is 1.73. The zero-order chi connectivity index (χ0) is 18.6. The smallest absolute Gasteiger partial charge is 0.142 e. The summed E-state index contributed by atoms with van der Waals surface area (Å²) in [6.07, 6.45) is 4.32. The molecule has 2 aliphatic rings. The van der Waals surface area contributed by atoms with E-state index >= 15 is 0 Å². The van der Waals surface area contributed by atoms with Gasteiger partial charge in [-0.3, -0.25) is 14.7 Å². The van der Waals surface area contributed by atoms with Crippen molar-refractivity contribution in [1.82, 2.24) is 9.88 Å². The molecule has 0 N–H and O–H groups in total. The van der Waals surface area contributed by atoms with Crippen LogP contribution in [0.25, 0.3) is 0 Å². The predicted octanol–water partition coefficient (Wildman–Crippen LogP) is 3.12. The van der Waals surface area contributed by atoms with Gasteiger partial charge in [-0.05, 0) is 37.1 Å². The van der Waals surface area contributed by atoms with E-state index in [2.05, 4.69) is 26.9 Å². The number of benzene rings is 1. The summed E-state index contributed by atoms with van der Waals surface area (Å²) in [6.45, 7) is 4.01. The average molecular weight is 365 g/mol. The highest BCUT2D eigenvalue weighted by Crippen LogP contribution is 2.33. The minimum atomic E-state index is -0.0443. The zero-order valence-electron chi connectivity index (χ0n) is 15.9. The van der Waals surface area contributed by atoms with Crippen molar-refractivity contribution in [2.45, 2.75) is 31.2 Å². The Bertz CT molecular complexity index is 772. The number of para-hydroxylation sites is 2. The number of ether oxygens (including phenoxy) is 1. The minimum absolute atomic E-state index is 0.0443. The molecule has 5 nitrogen and oxygen atoms in total. The van der Waals surface area contributed by atoms with Crippen molar-refractivity contribution < 1.29 is 9.53 Å². The number of ketones is 1. The Labute approximate surface area is 161 Å². The number of rotatable bonds is 4. The van der Waals surface area contributed by atoms with Crippen molar-refractivity contribution in [3.8, 4) is 5.75 Å². The lowest BCUT2D eigenvalue weighted by Crippen LogP contribution is -2.52.